The molecule has 2 nitrogen and oxygen atoms in total. The van der Waals surface area contributed by atoms with Gasteiger partial charge in [0.15, 0.2) is 0 Å². The Labute approximate surface area is 157 Å². The van der Waals surface area contributed by atoms with Crippen molar-refractivity contribution in [2.45, 2.75) is 36.0 Å². The van der Waals surface area contributed by atoms with Crippen molar-refractivity contribution >= 4 is 23.4 Å². The van der Waals surface area contributed by atoms with Crippen molar-refractivity contribution in [3.8, 4) is 0 Å². The van der Waals surface area contributed by atoms with Gasteiger partial charge in [-0.25, -0.2) is 9.37 Å². The average molecular weight is 375 g/mol. The van der Waals surface area contributed by atoms with Crippen molar-refractivity contribution in [2.24, 2.45) is 0 Å². The highest BCUT2D eigenvalue weighted by molar-refractivity contribution is 8.00. The van der Waals surface area contributed by atoms with Crippen LogP contribution in [-0.2, 0) is 13.0 Å². The van der Waals surface area contributed by atoms with E-state index in [-0.39, 0.29) is 10.6 Å². The van der Waals surface area contributed by atoms with Crippen LogP contribution >= 0.6 is 23.4 Å². The zero-order valence-electron chi connectivity index (χ0n) is 14.0. The molecule has 130 valence electrons. The van der Waals surface area contributed by atoms with Gasteiger partial charge in [-0.2, -0.15) is 0 Å². The van der Waals surface area contributed by atoms with E-state index in [4.69, 9.17) is 11.6 Å². The Balaban J connectivity index is 1.81. The molecule has 1 aromatic heterocycles. The van der Waals surface area contributed by atoms with Crippen LogP contribution in [0.2, 0.25) is 5.02 Å². The summed E-state index contributed by atoms with van der Waals surface area (Å²) in [5.74, 6) is -0.206. The lowest BCUT2D eigenvalue weighted by atomic mass is 9.97. The Morgan fingerprint density at radius 3 is 2.60 bits per heavy atom. The molecule has 0 fully saturated rings. The van der Waals surface area contributed by atoms with E-state index in [9.17, 15) is 4.39 Å². The largest absolute Gasteiger partial charge is 0.337 e. The standard InChI is InChI=1S/C20H20ClFN2S/c1-20(10-12-24-13-11-23-15-24,14-16-6-8-17(22)9-7-16)25-19-5-3-2-4-18(19)21/h2-9,11,13,15H,10,12,14H2,1H3. The second kappa shape index (κ2) is 8.07. The molecule has 0 aliphatic rings. The molecule has 0 bridgehead atoms. The quantitative estimate of drug-likeness (QED) is 0.482. The number of halogens is 2. The third-order valence-electron chi connectivity index (χ3n) is 4.14. The first-order valence-corrected chi connectivity index (χ1v) is 9.37. The Kier molecular flexibility index (Phi) is 5.82. The summed E-state index contributed by atoms with van der Waals surface area (Å²) in [5, 5.41) is 0.764. The van der Waals surface area contributed by atoms with Gasteiger partial charge in [0.1, 0.15) is 5.82 Å². The molecule has 0 radical (unpaired) electrons. The van der Waals surface area contributed by atoms with Crippen LogP contribution in [0.3, 0.4) is 0 Å². The summed E-state index contributed by atoms with van der Waals surface area (Å²) in [4.78, 5) is 5.18. The van der Waals surface area contributed by atoms with Crippen LogP contribution < -0.4 is 0 Å². The van der Waals surface area contributed by atoms with Crippen molar-refractivity contribution in [3.63, 3.8) is 0 Å². The fourth-order valence-corrected chi connectivity index (χ4v) is 4.31. The summed E-state index contributed by atoms with van der Waals surface area (Å²) >= 11 is 8.15. The summed E-state index contributed by atoms with van der Waals surface area (Å²) in [5.41, 5.74) is 1.12. The zero-order chi connectivity index (χ0) is 17.7. The molecule has 0 N–H and O–H groups in total. The predicted molar refractivity (Wildman–Crippen MR) is 103 cm³/mol. The van der Waals surface area contributed by atoms with Crippen LogP contribution in [0, 0.1) is 5.82 Å². The van der Waals surface area contributed by atoms with E-state index in [0.717, 1.165) is 34.9 Å². The number of imidazole rings is 1. The topological polar surface area (TPSA) is 17.8 Å². The number of rotatable bonds is 7. The van der Waals surface area contributed by atoms with Gasteiger partial charge in [0.05, 0.1) is 11.3 Å². The van der Waals surface area contributed by atoms with Crippen molar-refractivity contribution in [2.75, 3.05) is 0 Å². The van der Waals surface area contributed by atoms with E-state index in [2.05, 4.69) is 16.5 Å². The Hall–Kier alpha value is -1.78. The van der Waals surface area contributed by atoms with Crippen molar-refractivity contribution in [3.05, 3.63) is 83.7 Å². The van der Waals surface area contributed by atoms with Crippen LogP contribution in [0.15, 0.2) is 72.1 Å². The van der Waals surface area contributed by atoms with Gasteiger partial charge in [0.2, 0.25) is 0 Å². The Bertz CT molecular complexity index is 805. The summed E-state index contributed by atoms with van der Waals surface area (Å²) in [6.45, 7) is 3.11. The summed E-state index contributed by atoms with van der Waals surface area (Å²) in [6, 6.07) is 14.7. The van der Waals surface area contributed by atoms with Gasteiger partial charge in [-0.3, -0.25) is 0 Å². The smallest absolute Gasteiger partial charge is 0.123 e. The molecule has 1 heterocycles. The monoisotopic (exact) mass is 374 g/mol. The van der Waals surface area contributed by atoms with Crippen molar-refractivity contribution < 1.29 is 4.39 Å². The van der Waals surface area contributed by atoms with Gasteiger partial charge in [-0.05, 0) is 49.6 Å². The molecule has 25 heavy (non-hydrogen) atoms. The normalized spacial score (nSPS) is 13.6. The highest BCUT2D eigenvalue weighted by Crippen LogP contribution is 2.41. The lowest BCUT2D eigenvalue weighted by Gasteiger charge is -2.30. The van der Waals surface area contributed by atoms with Gasteiger partial charge in [-0.1, -0.05) is 35.9 Å². The van der Waals surface area contributed by atoms with Crippen LogP contribution in [0.25, 0.3) is 0 Å². The molecule has 0 spiro atoms. The van der Waals surface area contributed by atoms with Crippen LogP contribution in [0.5, 0.6) is 0 Å². The SMILES string of the molecule is CC(CCn1ccnc1)(Cc1ccc(F)cc1)Sc1ccccc1Cl. The summed E-state index contributed by atoms with van der Waals surface area (Å²) < 4.78 is 15.2. The molecule has 0 amide bonds. The minimum absolute atomic E-state index is 0.0763. The molecule has 3 aromatic rings. The maximum absolute atomic E-state index is 13.2. The summed E-state index contributed by atoms with van der Waals surface area (Å²) in [7, 11) is 0. The second-order valence-corrected chi connectivity index (χ2v) is 8.37. The first-order valence-electron chi connectivity index (χ1n) is 8.18. The molecule has 3 rings (SSSR count). The van der Waals surface area contributed by atoms with E-state index in [1.165, 1.54) is 12.1 Å². The minimum atomic E-state index is -0.206. The molecular formula is C20H20ClFN2S. The fraction of sp³-hybridized carbons (Fsp3) is 0.250. The molecular weight excluding hydrogens is 355 g/mol. The Morgan fingerprint density at radius 2 is 1.92 bits per heavy atom. The minimum Gasteiger partial charge on any atom is -0.337 e. The van der Waals surface area contributed by atoms with Crippen molar-refractivity contribution in [1.82, 2.24) is 9.55 Å². The number of hydrogen-bond donors (Lipinski definition) is 0. The highest BCUT2D eigenvalue weighted by atomic mass is 35.5. The Morgan fingerprint density at radius 1 is 1.16 bits per heavy atom. The lowest BCUT2D eigenvalue weighted by Crippen LogP contribution is -2.25. The van der Waals surface area contributed by atoms with Gasteiger partial charge in [0.25, 0.3) is 0 Å². The van der Waals surface area contributed by atoms with E-state index < -0.39 is 0 Å². The predicted octanol–water partition coefficient (Wildman–Crippen LogP) is 5.86. The van der Waals surface area contributed by atoms with E-state index >= 15 is 0 Å². The van der Waals surface area contributed by atoms with Gasteiger partial charge in [0, 0.05) is 28.6 Å². The first-order chi connectivity index (χ1) is 12.0. The number of aromatic nitrogens is 2. The third kappa shape index (κ3) is 5.10. The molecule has 1 unspecified atom stereocenters. The molecule has 5 heteroatoms. The average Bonchev–Trinajstić information content (AvgIpc) is 3.11. The molecule has 0 saturated heterocycles. The van der Waals surface area contributed by atoms with Gasteiger partial charge in [-0.15, -0.1) is 11.8 Å². The van der Waals surface area contributed by atoms with E-state index in [1.54, 1.807) is 18.0 Å². The maximum Gasteiger partial charge on any atom is 0.123 e. The number of aryl methyl sites for hydroxylation is 1. The lowest BCUT2D eigenvalue weighted by molar-refractivity contribution is 0.518. The number of nitrogens with zero attached hydrogens (tertiary/aromatic N) is 2. The molecule has 0 aliphatic heterocycles. The van der Waals surface area contributed by atoms with E-state index in [0.29, 0.717) is 0 Å². The van der Waals surface area contributed by atoms with Crippen molar-refractivity contribution in [1.29, 1.82) is 0 Å². The third-order valence-corrected chi connectivity index (χ3v) is 6.00. The molecule has 0 aliphatic carbocycles. The molecule has 2 aromatic carbocycles. The van der Waals surface area contributed by atoms with Crippen LogP contribution in [-0.4, -0.2) is 14.3 Å². The maximum atomic E-state index is 13.2. The highest BCUT2D eigenvalue weighted by Gasteiger charge is 2.27. The van der Waals surface area contributed by atoms with Gasteiger partial charge >= 0.3 is 0 Å². The zero-order valence-corrected chi connectivity index (χ0v) is 15.6. The van der Waals surface area contributed by atoms with Crippen LogP contribution in [0.1, 0.15) is 18.9 Å². The molecule has 0 saturated carbocycles. The fourth-order valence-electron chi connectivity index (χ4n) is 2.79. The number of thioether (sulfide) groups is 1. The second-order valence-electron chi connectivity index (χ2n) is 6.34. The molecule has 1 atom stereocenters. The van der Waals surface area contributed by atoms with Gasteiger partial charge < -0.3 is 4.57 Å². The first kappa shape index (κ1) is 18.0. The summed E-state index contributed by atoms with van der Waals surface area (Å²) in [6.07, 6.45) is 7.37. The number of benzene rings is 2. The van der Waals surface area contributed by atoms with E-state index in [1.807, 2.05) is 48.9 Å². The number of hydrogen-bond acceptors (Lipinski definition) is 2. The van der Waals surface area contributed by atoms with Crippen LogP contribution in [0.4, 0.5) is 4.39 Å².